The lowest BCUT2D eigenvalue weighted by atomic mass is 9.86. The highest BCUT2D eigenvalue weighted by Gasteiger charge is 2.14. The minimum Gasteiger partial charge on any atom is -0.380 e. The van der Waals surface area contributed by atoms with Gasteiger partial charge in [0.05, 0.1) is 12.6 Å². The largest absolute Gasteiger partial charge is 0.380 e. The number of nitrogens with one attached hydrogen (secondary N) is 1. The Morgan fingerprint density at radius 3 is 2.18 bits per heavy atom. The van der Waals surface area contributed by atoms with Crippen molar-refractivity contribution in [3.05, 3.63) is 35.4 Å². The maximum Gasteiger partial charge on any atom is 0.0661 e. The second kappa shape index (κ2) is 6.18. The van der Waals surface area contributed by atoms with E-state index in [1.165, 1.54) is 11.1 Å². The molecular formula is C15H25NO. The van der Waals surface area contributed by atoms with E-state index in [2.05, 4.69) is 50.4 Å². The van der Waals surface area contributed by atoms with Crippen molar-refractivity contribution in [3.8, 4) is 0 Å². The number of benzene rings is 1. The fourth-order valence-electron chi connectivity index (χ4n) is 1.80. The lowest BCUT2D eigenvalue weighted by Crippen LogP contribution is -2.22. The molecule has 96 valence electrons. The molecule has 1 rings (SSSR count). The molecule has 0 amide bonds. The van der Waals surface area contributed by atoms with Gasteiger partial charge < -0.3 is 10.1 Å². The molecule has 0 fully saturated rings. The SMILES string of the molecule is CCOCC(NC)c1ccc(C(C)(C)C)cc1. The van der Waals surface area contributed by atoms with Gasteiger partial charge in [0.25, 0.3) is 0 Å². The van der Waals surface area contributed by atoms with Crippen LogP contribution in [-0.4, -0.2) is 20.3 Å². The van der Waals surface area contributed by atoms with Crippen LogP contribution in [-0.2, 0) is 10.2 Å². The maximum atomic E-state index is 5.48. The van der Waals surface area contributed by atoms with Gasteiger partial charge >= 0.3 is 0 Å². The highest BCUT2D eigenvalue weighted by Crippen LogP contribution is 2.23. The zero-order valence-electron chi connectivity index (χ0n) is 11.7. The molecule has 1 unspecified atom stereocenters. The molecule has 1 atom stereocenters. The summed E-state index contributed by atoms with van der Waals surface area (Å²) >= 11 is 0. The highest BCUT2D eigenvalue weighted by atomic mass is 16.5. The maximum absolute atomic E-state index is 5.48. The van der Waals surface area contributed by atoms with Gasteiger partial charge in [-0.3, -0.25) is 0 Å². The summed E-state index contributed by atoms with van der Waals surface area (Å²) in [5, 5.41) is 3.29. The molecule has 0 bridgehead atoms. The van der Waals surface area contributed by atoms with Crippen molar-refractivity contribution in [1.29, 1.82) is 0 Å². The lowest BCUT2D eigenvalue weighted by molar-refractivity contribution is 0.125. The fourth-order valence-corrected chi connectivity index (χ4v) is 1.80. The Labute approximate surface area is 105 Å². The van der Waals surface area contributed by atoms with Gasteiger partial charge in [-0.15, -0.1) is 0 Å². The Balaban J connectivity index is 2.78. The molecule has 2 heteroatoms. The Hall–Kier alpha value is -0.860. The van der Waals surface area contributed by atoms with E-state index in [1.54, 1.807) is 0 Å². The summed E-state index contributed by atoms with van der Waals surface area (Å²) in [6.45, 7) is 10.2. The monoisotopic (exact) mass is 235 g/mol. The van der Waals surface area contributed by atoms with Crippen LogP contribution in [0.1, 0.15) is 44.9 Å². The van der Waals surface area contributed by atoms with E-state index in [0.29, 0.717) is 0 Å². The average molecular weight is 235 g/mol. The van der Waals surface area contributed by atoms with Gasteiger partial charge in [0, 0.05) is 6.61 Å². The summed E-state index contributed by atoms with van der Waals surface area (Å²) < 4.78 is 5.48. The predicted octanol–water partition coefficient (Wildman–Crippen LogP) is 3.28. The molecule has 1 aromatic carbocycles. The number of rotatable bonds is 5. The van der Waals surface area contributed by atoms with Gasteiger partial charge in [-0.1, -0.05) is 45.0 Å². The Morgan fingerprint density at radius 1 is 1.18 bits per heavy atom. The van der Waals surface area contributed by atoms with Gasteiger partial charge in [0.1, 0.15) is 0 Å². The van der Waals surface area contributed by atoms with Gasteiger partial charge in [0.15, 0.2) is 0 Å². The Kier molecular flexibility index (Phi) is 5.16. The summed E-state index contributed by atoms with van der Waals surface area (Å²) in [6.07, 6.45) is 0. The summed E-state index contributed by atoms with van der Waals surface area (Å²) in [6, 6.07) is 9.10. The first-order valence-corrected chi connectivity index (χ1v) is 6.34. The van der Waals surface area contributed by atoms with Gasteiger partial charge in [0.2, 0.25) is 0 Å². The molecule has 0 aromatic heterocycles. The van der Waals surface area contributed by atoms with Crippen molar-refractivity contribution in [1.82, 2.24) is 5.32 Å². The second-order valence-corrected chi connectivity index (χ2v) is 5.37. The summed E-state index contributed by atoms with van der Waals surface area (Å²) in [5.41, 5.74) is 2.87. The van der Waals surface area contributed by atoms with E-state index in [4.69, 9.17) is 4.74 Å². The number of likely N-dealkylation sites (N-methyl/N-ethyl adjacent to an activating group) is 1. The van der Waals surface area contributed by atoms with E-state index in [-0.39, 0.29) is 11.5 Å². The summed E-state index contributed by atoms with van der Waals surface area (Å²) in [5.74, 6) is 0. The fraction of sp³-hybridized carbons (Fsp3) is 0.600. The topological polar surface area (TPSA) is 21.3 Å². The van der Waals surface area contributed by atoms with Crippen LogP contribution >= 0.6 is 0 Å². The van der Waals surface area contributed by atoms with Gasteiger partial charge in [-0.25, -0.2) is 0 Å². The van der Waals surface area contributed by atoms with Gasteiger partial charge in [-0.05, 0) is 30.5 Å². The molecule has 0 heterocycles. The van der Waals surface area contributed by atoms with E-state index < -0.39 is 0 Å². The van der Waals surface area contributed by atoms with Crippen LogP contribution in [0.2, 0.25) is 0 Å². The lowest BCUT2D eigenvalue weighted by Gasteiger charge is -2.21. The van der Waals surface area contributed by atoms with E-state index in [1.807, 2.05) is 14.0 Å². The molecular weight excluding hydrogens is 210 g/mol. The van der Waals surface area contributed by atoms with Crippen LogP contribution in [0.5, 0.6) is 0 Å². The van der Waals surface area contributed by atoms with Crippen LogP contribution in [0.4, 0.5) is 0 Å². The summed E-state index contributed by atoms with van der Waals surface area (Å²) in [4.78, 5) is 0. The third-order valence-corrected chi connectivity index (χ3v) is 3.02. The minimum atomic E-state index is 0.216. The van der Waals surface area contributed by atoms with Crippen LogP contribution in [0.15, 0.2) is 24.3 Å². The zero-order chi connectivity index (χ0) is 12.9. The normalized spacial score (nSPS) is 13.7. The van der Waals surface area contributed by atoms with Crippen LogP contribution in [0, 0.1) is 0 Å². The molecule has 0 saturated carbocycles. The van der Waals surface area contributed by atoms with Crippen LogP contribution in [0.25, 0.3) is 0 Å². The quantitative estimate of drug-likeness (QED) is 0.845. The molecule has 0 saturated heterocycles. The van der Waals surface area contributed by atoms with Crippen molar-refractivity contribution < 1.29 is 4.74 Å². The first-order valence-electron chi connectivity index (χ1n) is 6.34. The third-order valence-electron chi connectivity index (χ3n) is 3.02. The van der Waals surface area contributed by atoms with Crippen molar-refractivity contribution in [2.24, 2.45) is 0 Å². The third kappa shape index (κ3) is 4.14. The molecule has 17 heavy (non-hydrogen) atoms. The first-order chi connectivity index (χ1) is 7.99. The standard InChI is InChI=1S/C15H25NO/c1-6-17-11-14(16-5)12-7-9-13(10-8-12)15(2,3)4/h7-10,14,16H,6,11H2,1-5H3. The van der Waals surface area contributed by atoms with E-state index in [0.717, 1.165) is 13.2 Å². The molecule has 0 aliphatic rings. The molecule has 1 N–H and O–H groups in total. The van der Waals surface area contributed by atoms with Gasteiger partial charge in [-0.2, -0.15) is 0 Å². The molecule has 1 aromatic rings. The Bertz CT molecular complexity index is 324. The summed E-state index contributed by atoms with van der Waals surface area (Å²) in [7, 11) is 1.97. The minimum absolute atomic E-state index is 0.216. The van der Waals surface area contributed by atoms with Crippen molar-refractivity contribution >= 4 is 0 Å². The van der Waals surface area contributed by atoms with E-state index >= 15 is 0 Å². The zero-order valence-corrected chi connectivity index (χ0v) is 11.7. The number of hydrogen-bond donors (Lipinski definition) is 1. The molecule has 0 aliphatic carbocycles. The van der Waals surface area contributed by atoms with Crippen molar-refractivity contribution in [3.63, 3.8) is 0 Å². The van der Waals surface area contributed by atoms with Crippen LogP contribution in [0.3, 0.4) is 0 Å². The molecule has 2 nitrogen and oxygen atoms in total. The number of ether oxygens (including phenoxy) is 1. The van der Waals surface area contributed by atoms with Crippen molar-refractivity contribution in [2.75, 3.05) is 20.3 Å². The average Bonchev–Trinajstić information content (AvgIpc) is 2.29. The smallest absolute Gasteiger partial charge is 0.0661 e. The van der Waals surface area contributed by atoms with E-state index in [9.17, 15) is 0 Å². The predicted molar refractivity (Wildman–Crippen MR) is 73.4 cm³/mol. The second-order valence-electron chi connectivity index (χ2n) is 5.37. The van der Waals surface area contributed by atoms with Crippen molar-refractivity contribution in [2.45, 2.75) is 39.2 Å². The van der Waals surface area contributed by atoms with Crippen LogP contribution < -0.4 is 5.32 Å². The molecule has 0 spiro atoms. The highest BCUT2D eigenvalue weighted by molar-refractivity contribution is 5.29. The number of hydrogen-bond acceptors (Lipinski definition) is 2. The molecule has 0 aliphatic heterocycles. The Morgan fingerprint density at radius 2 is 1.76 bits per heavy atom. The molecule has 0 radical (unpaired) electrons. The first kappa shape index (κ1) is 14.2.